The maximum Gasteiger partial charge on any atom is 0.269 e. The minimum atomic E-state index is -0.450. The summed E-state index contributed by atoms with van der Waals surface area (Å²) < 4.78 is 1.51. The Balaban J connectivity index is 1.85. The smallest absolute Gasteiger partial charge is 0.269 e. The topological polar surface area (TPSA) is 80.8 Å². The zero-order chi connectivity index (χ0) is 18.8. The first-order valence-electron chi connectivity index (χ1n) is 7.94. The van der Waals surface area contributed by atoms with Crippen LogP contribution in [0, 0.1) is 17.0 Å². The Morgan fingerprint density at radius 1 is 1.27 bits per heavy atom. The number of halogens is 1. The molecular formula is C18H17ClN4O3. The number of fused-ring (bicyclic) bond motifs is 1. The lowest BCUT2D eigenvalue weighted by molar-refractivity contribution is -0.384. The molecule has 2 aromatic heterocycles. The van der Waals surface area contributed by atoms with Crippen LogP contribution in [0.25, 0.3) is 5.65 Å². The third-order valence-electron chi connectivity index (χ3n) is 4.05. The first-order valence-corrected chi connectivity index (χ1v) is 8.32. The van der Waals surface area contributed by atoms with Gasteiger partial charge in [-0.3, -0.25) is 24.2 Å². The Morgan fingerprint density at radius 2 is 2.04 bits per heavy atom. The number of non-ortho nitro benzene ring substituents is 1. The summed E-state index contributed by atoms with van der Waals surface area (Å²) in [5.74, 6) is 0. The first-order chi connectivity index (χ1) is 12.3. The molecule has 7 nitrogen and oxygen atoms in total. The van der Waals surface area contributed by atoms with Gasteiger partial charge in [0.05, 0.1) is 10.6 Å². The Labute approximate surface area is 154 Å². The van der Waals surface area contributed by atoms with Crippen molar-refractivity contribution in [3.05, 3.63) is 84.9 Å². The van der Waals surface area contributed by atoms with E-state index in [1.807, 2.05) is 31.0 Å². The van der Waals surface area contributed by atoms with Crippen molar-refractivity contribution >= 4 is 22.9 Å². The van der Waals surface area contributed by atoms with Crippen LogP contribution in [-0.4, -0.2) is 26.3 Å². The van der Waals surface area contributed by atoms with E-state index in [-0.39, 0.29) is 11.2 Å². The first kappa shape index (κ1) is 18.0. The van der Waals surface area contributed by atoms with Gasteiger partial charge in [-0.05, 0) is 37.2 Å². The highest BCUT2D eigenvalue weighted by Crippen LogP contribution is 2.23. The molecule has 134 valence electrons. The normalized spacial score (nSPS) is 11.2. The molecule has 2 heterocycles. The van der Waals surface area contributed by atoms with Gasteiger partial charge in [0.1, 0.15) is 5.65 Å². The van der Waals surface area contributed by atoms with Crippen LogP contribution in [0.4, 0.5) is 5.69 Å². The SMILES string of the molecule is Cc1cccn2c(=O)cc(CN(C)Cc3cc([N+](=O)[O-])ccc3Cl)nc12. The molecule has 0 saturated heterocycles. The van der Waals surface area contributed by atoms with E-state index in [0.717, 1.165) is 5.56 Å². The largest absolute Gasteiger partial charge is 0.296 e. The minimum absolute atomic E-state index is 0.00417. The second kappa shape index (κ2) is 7.23. The molecule has 0 aliphatic rings. The Bertz CT molecular complexity index is 1050. The van der Waals surface area contributed by atoms with Crippen molar-refractivity contribution in [3.63, 3.8) is 0 Å². The molecule has 0 saturated carbocycles. The van der Waals surface area contributed by atoms with Gasteiger partial charge < -0.3 is 0 Å². The van der Waals surface area contributed by atoms with E-state index >= 15 is 0 Å². The fourth-order valence-corrected chi connectivity index (χ4v) is 2.99. The van der Waals surface area contributed by atoms with Gasteiger partial charge in [0.25, 0.3) is 11.2 Å². The molecule has 0 fully saturated rings. The van der Waals surface area contributed by atoms with Gasteiger partial charge in [0, 0.05) is 42.5 Å². The fourth-order valence-electron chi connectivity index (χ4n) is 2.81. The number of rotatable bonds is 5. The van der Waals surface area contributed by atoms with Crippen LogP contribution in [0.3, 0.4) is 0 Å². The van der Waals surface area contributed by atoms with Crippen molar-refractivity contribution in [1.29, 1.82) is 0 Å². The summed E-state index contributed by atoms with van der Waals surface area (Å²) in [6.45, 7) is 2.71. The molecule has 0 amide bonds. The van der Waals surface area contributed by atoms with E-state index in [9.17, 15) is 14.9 Å². The molecule has 0 aliphatic heterocycles. The average molecular weight is 373 g/mol. The van der Waals surface area contributed by atoms with E-state index in [2.05, 4.69) is 4.98 Å². The van der Waals surface area contributed by atoms with Crippen molar-refractivity contribution in [1.82, 2.24) is 14.3 Å². The summed E-state index contributed by atoms with van der Waals surface area (Å²) in [7, 11) is 1.84. The highest BCUT2D eigenvalue weighted by molar-refractivity contribution is 6.31. The highest BCUT2D eigenvalue weighted by atomic mass is 35.5. The summed E-state index contributed by atoms with van der Waals surface area (Å²) in [4.78, 5) is 29.2. The molecular weight excluding hydrogens is 356 g/mol. The van der Waals surface area contributed by atoms with Gasteiger partial charge in [-0.15, -0.1) is 0 Å². The summed E-state index contributed by atoms with van der Waals surface area (Å²) in [6.07, 6.45) is 1.69. The molecule has 3 aromatic rings. The summed E-state index contributed by atoms with van der Waals surface area (Å²) in [6, 6.07) is 9.57. The molecule has 26 heavy (non-hydrogen) atoms. The summed E-state index contributed by atoms with van der Waals surface area (Å²) in [5.41, 5.74) is 2.67. The lowest BCUT2D eigenvalue weighted by atomic mass is 10.2. The van der Waals surface area contributed by atoms with Gasteiger partial charge in [-0.1, -0.05) is 17.7 Å². The number of benzene rings is 1. The van der Waals surface area contributed by atoms with Crippen molar-refractivity contribution < 1.29 is 4.92 Å². The standard InChI is InChI=1S/C18H17ClN4O3/c1-12-4-3-7-22-17(24)9-14(20-18(12)22)11-21(2)10-13-8-15(23(25)26)5-6-16(13)19/h3-9H,10-11H2,1-2H3. The average Bonchev–Trinajstić information content (AvgIpc) is 2.57. The predicted octanol–water partition coefficient (Wildman–Crippen LogP) is 3.20. The maximum atomic E-state index is 12.3. The molecule has 8 heteroatoms. The number of nitro benzene ring substituents is 1. The Morgan fingerprint density at radius 3 is 2.77 bits per heavy atom. The van der Waals surface area contributed by atoms with Crippen molar-refractivity contribution in [2.24, 2.45) is 0 Å². The van der Waals surface area contributed by atoms with Crippen LogP contribution < -0.4 is 5.56 Å². The van der Waals surface area contributed by atoms with Crippen molar-refractivity contribution in [2.45, 2.75) is 20.0 Å². The van der Waals surface area contributed by atoms with Crippen LogP contribution in [0.1, 0.15) is 16.8 Å². The molecule has 0 spiro atoms. The maximum absolute atomic E-state index is 12.3. The highest BCUT2D eigenvalue weighted by Gasteiger charge is 2.13. The van der Waals surface area contributed by atoms with Gasteiger partial charge in [0.15, 0.2) is 0 Å². The summed E-state index contributed by atoms with van der Waals surface area (Å²) >= 11 is 6.15. The van der Waals surface area contributed by atoms with E-state index in [0.29, 0.717) is 35.0 Å². The molecule has 3 rings (SSSR count). The zero-order valence-electron chi connectivity index (χ0n) is 14.3. The third-order valence-corrected chi connectivity index (χ3v) is 4.42. The third kappa shape index (κ3) is 3.74. The van der Waals surface area contributed by atoms with Gasteiger partial charge >= 0.3 is 0 Å². The van der Waals surface area contributed by atoms with Crippen molar-refractivity contribution in [3.8, 4) is 0 Å². The number of nitrogens with zero attached hydrogens (tertiary/aromatic N) is 4. The predicted molar refractivity (Wildman–Crippen MR) is 99.5 cm³/mol. The number of hydrogen-bond acceptors (Lipinski definition) is 5. The van der Waals surface area contributed by atoms with Gasteiger partial charge in [-0.25, -0.2) is 4.98 Å². The monoisotopic (exact) mass is 372 g/mol. The molecule has 1 aromatic carbocycles. The number of aromatic nitrogens is 2. The number of aryl methyl sites for hydroxylation is 1. The van der Waals surface area contributed by atoms with Crippen molar-refractivity contribution in [2.75, 3.05) is 7.05 Å². The lowest BCUT2D eigenvalue weighted by Gasteiger charge is -2.17. The van der Waals surface area contributed by atoms with Gasteiger partial charge in [-0.2, -0.15) is 0 Å². The quantitative estimate of drug-likeness (QED) is 0.507. The number of hydrogen-bond donors (Lipinski definition) is 0. The molecule has 0 N–H and O–H groups in total. The number of nitro groups is 1. The van der Waals surface area contributed by atoms with E-state index in [1.54, 1.807) is 6.20 Å². The van der Waals surface area contributed by atoms with E-state index < -0.39 is 4.92 Å². The number of pyridine rings is 1. The Kier molecular flexibility index (Phi) is 5.01. The molecule has 0 unspecified atom stereocenters. The molecule has 0 radical (unpaired) electrons. The van der Waals surface area contributed by atoms with E-state index in [1.165, 1.54) is 28.7 Å². The van der Waals surface area contributed by atoms with Crippen LogP contribution in [-0.2, 0) is 13.1 Å². The second-order valence-corrected chi connectivity index (χ2v) is 6.58. The lowest BCUT2D eigenvalue weighted by Crippen LogP contribution is -2.22. The van der Waals surface area contributed by atoms with E-state index in [4.69, 9.17) is 11.6 Å². The van der Waals surface area contributed by atoms with Crippen LogP contribution in [0.2, 0.25) is 5.02 Å². The molecule has 0 atom stereocenters. The van der Waals surface area contributed by atoms with Gasteiger partial charge in [0.2, 0.25) is 0 Å². The van der Waals surface area contributed by atoms with Crippen LogP contribution in [0.15, 0.2) is 47.4 Å². The van der Waals surface area contributed by atoms with Crippen LogP contribution >= 0.6 is 11.6 Å². The minimum Gasteiger partial charge on any atom is -0.296 e. The van der Waals surface area contributed by atoms with Crippen LogP contribution in [0.5, 0.6) is 0 Å². The Hall–Kier alpha value is -2.77. The fraction of sp³-hybridized carbons (Fsp3) is 0.222. The molecule has 0 bridgehead atoms. The molecule has 0 aliphatic carbocycles. The zero-order valence-corrected chi connectivity index (χ0v) is 15.1. The second-order valence-electron chi connectivity index (χ2n) is 6.18. The summed E-state index contributed by atoms with van der Waals surface area (Å²) in [5, 5.41) is 11.4.